The maximum absolute atomic E-state index is 11.0. The first-order chi connectivity index (χ1) is 6.36. The van der Waals surface area contributed by atoms with Crippen LogP contribution in [0.1, 0.15) is 25.3 Å². The van der Waals surface area contributed by atoms with Gasteiger partial charge in [-0.15, -0.1) is 5.10 Å². The zero-order valence-corrected chi connectivity index (χ0v) is 7.31. The highest BCUT2D eigenvalue weighted by molar-refractivity contribution is 5.76. The van der Waals surface area contributed by atoms with E-state index in [1.807, 2.05) is 10.9 Å². The van der Waals surface area contributed by atoms with Gasteiger partial charge in [-0.05, 0) is 12.8 Å². The van der Waals surface area contributed by atoms with Gasteiger partial charge in [0.25, 0.3) is 0 Å². The molecule has 1 fully saturated rings. The molecule has 2 heterocycles. The van der Waals surface area contributed by atoms with Crippen molar-refractivity contribution < 1.29 is 4.79 Å². The molecule has 0 aromatic carbocycles. The fraction of sp³-hybridized carbons (Fsp3) is 0.625. The van der Waals surface area contributed by atoms with Crippen molar-refractivity contribution in [2.75, 3.05) is 6.54 Å². The van der Waals surface area contributed by atoms with E-state index < -0.39 is 0 Å². The molecule has 1 aliphatic rings. The fourth-order valence-corrected chi connectivity index (χ4v) is 1.59. The molecule has 0 radical (unpaired) electrons. The molecule has 2 rings (SSSR count). The Labute approximate surface area is 76.1 Å². The number of nitrogens with zero attached hydrogens (tertiary/aromatic N) is 3. The molecule has 1 amide bonds. The number of carbonyl (C=O) groups is 1. The van der Waals surface area contributed by atoms with Gasteiger partial charge >= 0.3 is 0 Å². The van der Waals surface area contributed by atoms with Crippen molar-refractivity contribution in [3.05, 3.63) is 12.4 Å². The summed E-state index contributed by atoms with van der Waals surface area (Å²) >= 11 is 0. The van der Waals surface area contributed by atoms with Crippen molar-refractivity contribution in [1.82, 2.24) is 20.3 Å². The van der Waals surface area contributed by atoms with Gasteiger partial charge in [0.15, 0.2) is 0 Å². The molecule has 1 aromatic heterocycles. The first-order valence-electron chi connectivity index (χ1n) is 4.49. The standard InChI is InChI=1S/C8H12N4O/c13-8-2-1-7(3-4-9-8)12-6-5-10-11-12/h5-7H,1-4H2,(H,9,13). The highest BCUT2D eigenvalue weighted by Gasteiger charge is 2.17. The quantitative estimate of drug-likeness (QED) is 0.667. The van der Waals surface area contributed by atoms with Crippen LogP contribution >= 0.6 is 0 Å². The van der Waals surface area contributed by atoms with E-state index in [0.717, 1.165) is 19.4 Å². The normalized spacial score (nSPS) is 23.7. The lowest BCUT2D eigenvalue weighted by Crippen LogP contribution is -2.21. The maximum atomic E-state index is 11.0. The predicted octanol–water partition coefficient (Wildman–Crippen LogP) is 0.119. The fourth-order valence-electron chi connectivity index (χ4n) is 1.59. The van der Waals surface area contributed by atoms with Crippen molar-refractivity contribution in [3.8, 4) is 0 Å². The largest absolute Gasteiger partial charge is 0.356 e. The molecule has 70 valence electrons. The van der Waals surface area contributed by atoms with E-state index in [9.17, 15) is 4.79 Å². The van der Waals surface area contributed by atoms with Gasteiger partial charge in [0.2, 0.25) is 5.91 Å². The molecule has 0 aliphatic carbocycles. The number of nitrogens with one attached hydrogen (secondary N) is 1. The first-order valence-corrected chi connectivity index (χ1v) is 4.49. The molecule has 0 saturated carbocycles. The lowest BCUT2D eigenvalue weighted by atomic mass is 10.1. The third kappa shape index (κ3) is 1.85. The molecule has 0 spiro atoms. The Kier molecular flexibility index (Phi) is 2.25. The number of hydrogen-bond donors (Lipinski definition) is 1. The van der Waals surface area contributed by atoms with Crippen LogP contribution in [0.5, 0.6) is 0 Å². The number of carbonyl (C=O) groups excluding carboxylic acids is 1. The Balaban J connectivity index is 2.04. The molecular weight excluding hydrogens is 168 g/mol. The van der Waals surface area contributed by atoms with Gasteiger partial charge in [-0.3, -0.25) is 4.79 Å². The third-order valence-corrected chi connectivity index (χ3v) is 2.32. The Morgan fingerprint density at radius 3 is 3.23 bits per heavy atom. The minimum absolute atomic E-state index is 0.141. The van der Waals surface area contributed by atoms with E-state index in [1.54, 1.807) is 6.20 Å². The van der Waals surface area contributed by atoms with Crippen LogP contribution in [0, 0.1) is 0 Å². The van der Waals surface area contributed by atoms with E-state index >= 15 is 0 Å². The summed E-state index contributed by atoms with van der Waals surface area (Å²) in [7, 11) is 0. The molecule has 1 aliphatic heterocycles. The number of hydrogen-bond acceptors (Lipinski definition) is 3. The van der Waals surface area contributed by atoms with Gasteiger partial charge in [-0.25, -0.2) is 4.68 Å². The zero-order valence-electron chi connectivity index (χ0n) is 7.31. The lowest BCUT2D eigenvalue weighted by Gasteiger charge is -2.11. The van der Waals surface area contributed by atoms with Crippen LogP contribution in [-0.2, 0) is 4.79 Å². The van der Waals surface area contributed by atoms with E-state index in [1.165, 1.54) is 0 Å². The van der Waals surface area contributed by atoms with Crippen LogP contribution in [0.3, 0.4) is 0 Å². The van der Waals surface area contributed by atoms with E-state index in [2.05, 4.69) is 15.6 Å². The van der Waals surface area contributed by atoms with Gasteiger partial charge in [-0.1, -0.05) is 5.21 Å². The van der Waals surface area contributed by atoms with Crippen molar-refractivity contribution in [3.63, 3.8) is 0 Å². The first kappa shape index (κ1) is 8.22. The van der Waals surface area contributed by atoms with Crippen LogP contribution in [-0.4, -0.2) is 27.4 Å². The van der Waals surface area contributed by atoms with Crippen molar-refractivity contribution in [2.24, 2.45) is 0 Å². The molecule has 1 N–H and O–H groups in total. The monoisotopic (exact) mass is 180 g/mol. The minimum atomic E-state index is 0.141. The zero-order chi connectivity index (χ0) is 9.10. The summed E-state index contributed by atoms with van der Waals surface area (Å²) < 4.78 is 1.83. The van der Waals surface area contributed by atoms with Gasteiger partial charge in [0.05, 0.1) is 12.2 Å². The number of aromatic nitrogens is 3. The number of rotatable bonds is 1. The molecule has 1 atom stereocenters. The van der Waals surface area contributed by atoms with Crippen LogP contribution in [0.15, 0.2) is 12.4 Å². The average molecular weight is 180 g/mol. The molecular formula is C8H12N4O. The predicted molar refractivity (Wildman–Crippen MR) is 45.9 cm³/mol. The molecule has 13 heavy (non-hydrogen) atoms. The van der Waals surface area contributed by atoms with Crippen molar-refractivity contribution in [1.29, 1.82) is 0 Å². The Bertz CT molecular complexity index is 282. The molecule has 1 aromatic rings. The summed E-state index contributed by atoms with van der Waals surface area (Å²) in [5.74, 6) is 0.141. The maximum Gasteiger partial charge on any atom is 0.220 e. The van der Waals surface area contributed by atoms with Gasteiger partial charge in [0, 0.05) is 19.2 Å². The average Bonchev–Trinajstić information content (AvgIpc) is 2.56. The second-order valence-corrected chi connectivity index (χ2v) is 3.21. The Morgan fingerprint density at radius 1 is 1.54 bits per heavy atom. The summed E-state index contributed by atoms with van der Waals surface area (Å²) in [4.78, 5) is 11.0. The summed E-state index contributed by atoms with van der Waals surface area (Å²) in [6.07, 6.45) is 5.90. The van der Waals surface area contributed by atoms with E-state index in [-0.39, 0.29) is 5.91 Å². The minimum Gasteiger partial charge on any atom is -0.356 e. The van der Waals surface area contributed by atoms with Gasteiger partial charge in [0.1, 0.15) is 0 Å². The SMILES string of the molecule is O=C1CCC(n2ccnn2)CCN1. The van der Waals surface area contributed by atoms with Crippen LogP contribution in [0.4, 0.5) is 0 Å². The second kappa shape index (κ2) is 3.55. The smallest absolute Gasteiger partial charge is 0.220 e. The van der Waals surface area contributed by atoms with Gasteiger partial charge < -0.3 is 5.32 Å². The Hall–Kier alpha value is -1.39. The highest BCUT2D eigenvalue weighted by atomic mass is 16.1. The van der Waals surface area contributed by atoms with Crippen molar-refractivity contribution in [2.45, 2.75) is 25.3 Å². The summed E-state index contributed by atoms with van der Waals surface area (Å²) in [5, 5.41) is 10.5. The summed E-state index contributed by atoms with van der Waals surface area (Å²) in [5.41, 5.74) is 0. The molecule has 1 unspecified atom stereocenters. The summed E-state index contributed by atoms with van der Waals surface area (Å²) in [6.45, 7) is 0.739. The topological polar surface area (TPSA) is 59.8 Å². The van der Waals surface area contributed by atoms with E-state index in [4.69, 9.17) is 0 Å². The highest BCUT2D eigenvalue weighted by Crippen LogP contribution is 2.18. The molecule has 0 bridgehead atoms. The number of amides is 1. The summed E-state index contributed by atoms with van der Waals surface area (Å²) in [6, 6.07) is 0.321. The van der Waals surface area contributed by atoms with Crippen molar-refractivity contribution >= 4 is 5.91 Å². The van der Waals surface area contributed by atoms with Crippen LogP contribution in [0.25, 0.3) is 0 Å². The van der Waals surface area contributed by atoms with Crippen LogP contribution in [0.2, 0.25) is 0 Å². The molecule has 5 heteroatoms. The third-order valence-electron chi connectivity index (χ3n) is 2.32. The van der Waals surface area contributed by atoms with E-state index in [0.29, 0.717) is 12.5 Å². The molecule has 1 saturated heterocycles. The second-order valence-electron chi connectivity index (χ2n) is 3.21. The van der Waals surface area contributed by atoms with Gasteiger partial charge in [-0.2, -0.15) is 0 Å². The Morgan fingerprint density at radius 2 is 2.46 bits per heavy atom. The lowest BCUT2D eigenvalue weighted by molar-refractivity contribution is -0.120. The molecule has 5 nitrogen and oxygen atoms in total. The van der Waals surface area contributed by atoms with Crippen LogP contribution < -0.4 is 5.32 Å².